The summed E-state index contributed by atoms with van der Waals surface area (Å²) >= 11 is 0. The Kier molecular flexibility index (Phi) is 6.87. The summed E-state index contributed by atoms with van der Waals surface area (Å²) in [5.41, 5.74) is 3.93. The molecule has 0 bridgehead atoms. The first-order valence-electron chi connectivity index (χ1n) is 10.6. The summed E-state index contributed by atoms with van der Waals surface area (Å²) < 4.78 is 1.54. The monoisotopic (exact) mass is 406 g/mol. The summed E-state index contributed by atoms with van der Waals surface area (Å²) in [6.07, 6.45) is 1.84. The van der Waals surface area contributed by atoms with Gasteiger partial charge in [0.1, 0.15) is 6.54 Å². The second-order valence-electron chi connectivity index (χ2n) is 7.62. The van der Waals surface area contributed by atoms with Crippen LogP contribution in [0.15, 0.2) is 47.3 Å². The third kappa shape index (κ3) is 4.53. The van der Waals surface area contributed by atoms with Crippen molar-refractivity contribution >= 4 is 28.4 Å². The van der Waals surface area contributed by atoms with Crippen molar-refractivity contribution in [3.63, 3.8) is 0 Å². The van der Waals surface area contributed by atoms with E-state index in [0.29, 0.717) is 16.9 Å². The molecular formula is C24H30N4O2. The number of anilines is 2. The van der Waals surface area contributed by atoms with Crippen LogP contribution in [0.2, 0.25) is 0 Å². The number of amides is 1. The molecule has 0 aliphatic heterocycles. The van der Waals surface area contributed by atoms with Crippen LogP contribution in [0, 0.1) is 13.8 Å². The third-order valence-corrected chi connectivity index (χ3v) is 5.17. The second-order valence-corrected chi connectivity index (χ2v) is 7.62. The molecule has 0 spiro atoms. The van der Waals surface area contributed by atoms with E-state index in [1.807, 2.05) is 61.2 Å². The van der Waals surface area contributed by atoms with Crippen molar-refractivity contribution in [1.29, 1.82) is 0 Å². The van der Waals surface area contributed by atoms with Crippen LogP contribution >= 0.6 is 0 Å². The number of nitrogens with one attached hydrogen (secondary N) is 1. The lowest BCUT2D eigenvalue weighted by atomic mass is 10.1. The van der Waals surface area contributed by atoms with Crippen LogP contribution in [0.4, 0.5) is 11.5 Å². The summed E-state index contributed by atoms with van der Waals surface area (Å²) in [6.45, 7) is 9.53. The van der Waals surface area contributed by atoms with Crippen molar-refractivity contribution in [3.05, 3.63) is 63.9 Å². The minimum atomic E-state index is -0.229. The van der Waals surface area contributed by atoms with Gasteiger partial charge in [0, 0.05) is 18.8 Å². The topological polar surface area (TPSA) is 67.2 Å². The second kappa shape index (κ2) is 9.57. The number of aryl methyl sites for hydroxylation is 2. The largest absolute Gasteiger partial charge is 0.352 e. The van der Waals surface area contributed by atoms with Gasteiger partial charge in [0.2, 0.25) is 5.91 Å². The van der Waals surface area contributed by atoms with Crippen molar-refractivity contribution in [1.82, 2.24) is 9.55 Å². The zero-order valence-corrected chi connectivity index (χ0v) is 18.2. The molecule has 0 atom stereocenters. The van der Waals surface area contributed by atoms with Crippen LogP contribution in [0.1, 0.15) is 37.8 Å². The number of para-hydroxylation sites is 3. The summed E-state index contributed by atoms with van der Waals surface area (Å²) in [5, 5.41) is 2.99. The predicted molar refractivity (Wildman–Crippen MR) is 123 cm³/mol. The Labute approximate surface area is 177 Å². The molecule has 6 heteroatoms. The van der Waals surface area contributed by atoms with E-state index in [2.05, 4.69) is 24.1 Å². The predicted octanol–water partition coefficient (Wildman–Crippen LogP) is 4.28. The van der Waals surface area contributed by atoms with Gasteiger partial charge in [-0.05, 0) is 49.9 Å². The molecule has 0 saturated heterocycles. The van der Waals surface area contributed by atoms with Crippen LogP contribution in [0.3, 0.4) is 0 Å². The number of hydrogen-bond donors (Lipinski definition) is 1. The number of nitrogens with zero attached hydrogens (tertiary/aromatic N) is 3. The Hall–Kier alpha value is -3.15. The molecule has 1 amide bonds. The van der Waals surface area contributed by atoms with Gasteiger partial charge in [-0.3, -0.25) is 14.2 Å². The average molecular weight is 407 g/mol. The minimum absolute atomic E-state index is 0.0608. The molecule has 6 nitrogen and oxygen atoms in total. The summed E-state index contributed by atoms with van der Waals surface area (Å²) in [5.74, 6) is 0.187. The first kappa shape index (κ1) is 21.6. The molecule has 0 saturated carbocycles. The lowest BCUT2D eigenvalue weighted by Gasteiger charge is -2.23. The highest BCUT2D eigenvalue weighted by molar-refractivity contribution is 5.93. The highest BCUT2D eigenvalue weighted by Crippen LogP contribution is 2.20. The number of aromatic nitrogens is 2. The van der Waals surface area contributed by atoms with E-state index in [0.717, 1.165) is 42.7 Å². The lowest BCUT2D eigenvalue weighted by Crippen LogP contribution is -2.36. The molecule has 158 valence electrons. The van der Waals surface area contributed by atoms with E-state index in [4.69, 9.17) is 0 Å². The van der Waals surface area contributed by atoms with Crippen LogP contribution in [0.5, 0.6) is 0 Å². The number of fused-ring (bicyclic) bond motifs is 1. The summed E-state index contributed by atoms with van der Waals surface area (Å²) in [7, 11) is 0. The summed E-state index contributed by atoms with van der Waals surface area (Å²) in [6, 6.07) is 13.4. The standard InChI is InChI=1S/C24H30N4O2/c1-5-14-27(15-6-2)23-24(30)28(20-13-8-7-12-19(20)25-23)16-21(29)26-22-17(3)10-9-11-18(22)4/h7-13H,5-6,14-16H2,1-4H3,(H,26,29). The van der Waals surface area contributed by atoms with Crippen molar-refractivity contribution < 1.29 is 4.79 Å². The van der Waals surface area contributed by atoms with Gasteiger partial charge >= 0.3 is 0 Å². The number of carbonyl (C=O) groups excluding carboxylic acids is 1. The molecule has 3 rings (SSSR count). The van der Waals surface area contributed by atoms with Crippen molar-refractivity contribution in [2.24, 2.45) is 0 Å². The van der Waals surface area contributed by atoms with Crippen LogP contribution in [-0.2, 0) is 11.3 Å². The molecule has 2 aromatic carbocycles. The molecule has 1 N–H and O–H groups in total. The molecule has 1 aromatic heterocycles. The first-order valence-corrected chi connectivity index (χ1v) is 10.6. The number of rotatable bonds is 8. The SMILES string of the molecule is CCCN(CCC)c1nc2ccccc2n(CC(=O)Nc2c(C)cccc2C)c1=O. The van der Waals surface area contributed by atoms with E-state index >= 15 is 0 Å². The summed E-state index contributed by atoms with van der Waals surface area (Å²) in [4.78, 5) is 33.0. The smallest absolute Gasteiger partial charge is 0.294 e. The average Bonchev–Trinajstić information content (AvgIpc) is 2.72. The Morgan fingerprint density at radius 2 is 1.63 bits per heavy atom. The molecular weight excluding hydrogens is 376 g/mol. The molecule has 0 aliphatic carbocycles. The minimum Gasteiger partial charge on any atom is -0.352 e. The van der Waals surface area contributed by atoms with Gasteiger partial charge in [0.15, 0.2) is 5.82 Å². The highest BCUT2D eigenvalue weighted by Gasteiger charge is 2.18. The van der Waals surface area contributed by atoms with Gasteiger partial charge in [-0.2, -0.15) is 0 Å². The maximum Gasteiger partial charge on any atom is 0.294 e. The Balaban J connectivity index is 2.02. The fourth-order valence-corrected chi connectivity index (χ4v) is 3.74. The Morgan fingerprint density at radius 1 is 1.00 bits per heavy atom. The van der Waals surface area contributed by atoms with Gasteiger partial charge in [0.05, 0.1) is 11.0 Å². The van der Waals surface area contributed by atoms with Crippen LogP contribution in [-0.4, -0.2) is 28.5 Å². The molecule has 0 unspecified atom stereocenters. The maximum atomic E-state index is 13.4. The zero-order chi connectivity index (χ0) is 21.7. The van der Waals surface area contributed by atoms with E-state index in [1.54, 1.807) is 4.57 Å². The van der Waals surface area contributed by atoms with E-state index in [1.165, 1.54) is 0 Å². The quantitative estimate of drug-likeness (QED) is 0.606. The molecule has 0 radical (unpaired) electrons. The lowest BCUT2D eigenvalue weighted by molar-refractivity contribution is -0.116. The molecule has 0 aliphatic rings. The fourth-order valence-electron chi connectivity index (χ4n) is 3.74. The van der Waals surface area contributed by atoms with Gasteiger partial charge in [-0.25, -0.2) is 4.98 Å². The molecule has 0 fully saturated rings. The maximum absolute atomic E-state index is 13.4. The van der Waals surface area contributed by atoms with Crippen LogP contribution < -0.4 is 15.8 Å². The Morgan fingerprint density at radius 3 is 2.27 bits per heavy atom. The number of carbonyl (C=O) groups is 1. The van der Waals surface area contributed by atoms with Gasteiger partial charge < -0.3 is 10.2 Å². The number of hydrogen-bond acceptors (Lipinski definition) is 4. The number of benzene rings is 2. The highest BCUT2D eigenvalue weighted by atomic mass is 16.2. The first-order chi connectivity index (χ1) is 14.5. The van der Waals surface area contributed by atoms with Crippen molar-refractivity contribution in [2.45, 2.75) is 47.1 Å². The van der Waals surface area contributed by atoms with E-state index < -0.39 is 0 Å². The fraction of sp³-hybridized carbons (Fsp3) is 0.375. The normalized spacial score (nSPS) is 10.9. The van der Waals surface area contributed by atoms with Crippen LogP contribution in [0.25, 0.3) is 11.0 Å². The molecule has 3 aromatic rings. The molecule has 30 heavy (non-hydrogen) atoms. The third-order valence-electron chi connectivity index (χ3n) is 5.17. The molecule has 1 heterocycles. The zero-order valence-electron chi connectivity index (χ0n) is 18.2. The Bertz CT molecular complexity index is 1080. The van der Waals surface area contributed by atoms with Gasteiger partial charge in [-0.1, -0.05) is 44.2 Å². The van der Waals surface area contributed by atoms with Gasteiger partial charge in [0.25, 0.3) is 5.56 Å². The van der Waals surface area contributed by atoms with Gasteiger partial charge in [-0.15, -0.1) is 0 Å². The van der Waals surface area contributed by atoms with E-state index in [9.17, 15) is 9.59 Å². The van der Waals surface area contributed by atoms with Crippen molar-refractivity contribution in [3.8, 4) is 0 Å². The van der Waals surface area contributed by atoms with Crippen molar-refractivity contribution in [2.75, 3.05) is 23.3 Å². The van der Waals surface area contributed by atoms with E-state index in [-0.39, 0.29) is 18.0 Å².